The second kappa shape index (κ2) is 10.7. The summed E-state index contributed by atoms with van der Waals surface area (Å²) in [6.07, 6.45) is 6.20. The van der Waals surface area contributed by atoms with Gasteiger partial charge in [0.25, 0.3) is 0 Å². The van der Waals surface area contributed by atoms with Crippen molar-refractivity contribution in [1.82, 2.24) is 0 Å². The highest BCUT2D eigenvalue weighted by atomic mass is 35.5. The van der Waals surface area contributed by atoms with Gasteiger partial charge >= 0.3 is 5.97 Å². The summed E-state index contributed by atoms with van der Waals surface area (Å²) < 4.78 is 0. The Kier molecular flexibility index (Phi) is 11.8. The summed E-state index contributed by atoms with van der Waals surface area (Å²) in [4.78, 5) is 10.8. The molecule has 0 amide bonds. The average Bonchev–Trinajstić information content (AvgIpc) is 2.18. The lowest BCUT2D eigenvalue weighted by Gasteiger charge is -2.15. The molecule has 3 nitrogen and oxygen atoms in total. The number of rotatable bonds is 9. The van der Waals surface area contributed by atoms with Crippen LogP contribution in [0.3, 0.4) is 0 Å². The summed E-state index contributed by atoms with van der Waals surface area (Å²) in [5.74, 6) is -0.952. The minimum atomic E-state index is -0.704. The zero-order valence-electron chi connectivity index (χ0n) is 9.86. The number of hydrogen-bond donors (Lipinski definition) is 2. The number of nitrogens with two attached hydrogens (primary N) is 1. The van der Waals surface area contributed by atoms with Gasteiger partial charge in [-0.1, -0.05) is 19.1 Å². The first-order valence-corrected chi connectivity index (χ1v) is 5.43. The van der Waals surface area contributed by atoms with Gasteiger partial charge in [0.1, 0.15) is 5.92 Å². The van der Waals surface area contributed by atoms with E-state index in [1.165, 1.54) is 0 Å². The fourth-order valence-electron chi connectivity index (χ4n) is 1.52. The largest absolute Gasteiger partial charge is 1.00 e. The molecule has 94 valence electrons. The average molecular weight is 248 g/mol. The Morgan fingerprint density at radius 1 is 1.38 bits per heavy atom. The highest BCUT2D eigenvalue weighted by Crippen LogP contribution is 1.99. The maximum Gasteiger partial charge on any atom is 0.312 e. The maximum atomic E-state index is 10.8. The van der Waals surface area contributed by atoms with E-state index in [1.807, 2.05) is 19.1 Å². The van der Waals surface area contributed by atoms with Gasteiger partial charge in [0, 0.05) is 12.8 Å². The van der Waals surface area contributed by atoms with Crippen molar-refractivity contribution in [2.24, 2.45) is 5.92 Å². The molecule has 0 aliphatic heterocycles. The monoisotopic (exact) mass is 247 g/mol. The molecule has 0 saturated heterocycles. The fourth-order valence-corrected chi connectivity index (χ4v) is 1.52. The number of hydrogen-bond acceptors (Lipinski definition) is 1. The third kappa shape index (κ3) is 7.49. The molecule has 0 bridgehead atoms. The second-order valence-electron chi connectivity index (χ2n) is 3.72. The van der Waals surface area contributed by atoms with Crippen LogP contribution in [0.5, 0.6) is 0 Å². The van der Waals surface area contributed by atoms with Crippen LogP contribution in [-0.2, 0) is 4.79 Å². The molecule has 4 heteroatoms. The van der Waals surface area contributed by atoms with Crippen molar-refractivity contribution in [2.45, 2.75) is 32.2 Å². The topological polar surface area (TPSA) is 53.9 Å². The zero-order chi connectivity index (χ0) is 11.7. The van der Waals surface area contributed by atoms with Crippen molar-refractivity contribution in [3.05, 3.63) is 25.3 Å². The van der Waals surface area contributed by atoms with Crippen LogP contribution in [0.1, 0.15) is 26.2 Å². The summed E-state index contributed by atoms with van der Waals surface area (Å²) in [5, 5.41) is 11.0. The first kappa shape index (κ1) is 17.6. The summed E-state index contributed by atoms with van der Waals surface area (Å²) in [6.45, 7) is 9.93. The summed E-state index contributed by atoms with van der Waals surface area (Å²) >= 11 is 0. The minimum Gasteiger partial charge on any atom is -1.00 e. The first-order valence-electron chi connectivity index (χ1n) is 5.43. The molecule has 0 aromatic rings. The Balaban J connectivity index is 0. The molecule has 0 saturated carbocycles. The molecule has 0 aromatic heterocycles. The molecule has 0 heterocycles. The predicted molar refractivity (Wildman–Crippen MR) is 61.6 cm³/mol. The van der Waals surface area contributed by atoms with E-state index in [0.717, 1.165) is 12.8 Å². The quantitative estimate of drug-likeness (QED) is 0.472. The Hall–Kier alpha value is -0.800. The van der Waals surface area contributed by atoms with E-state index >= 15 is 0 Å². The molecular formula is C12H22ClNO2. The lowest BCUT2D eigenvalue weighted by molar-refractivity contribution is -0.691. The van der Waals surface area contributed by atoms with E-state index in [1.54, 1.807) is 0 Å². The number of carboxylic acids is 1. The van der Waals surface area contributed by atoms with Crippen LogP contribution in [0.25, 0.3) is 0 Å². The van der Waals surface area contributed by atoms with Gasteiger partial charge in [0.15, 0.2) is 0 Å². The predicted octanol–water partition coefficient (Wildman–Crippen LogP) is -1.81. The van der Waals surface area contributed by atoms with E-state index in [0.29, 0.717) is 19.0 Å². The van der Waals surface area contributed by atoms with Gasteiger partial charge in [-0.05, 0) is 6.42 Å². The van der Waals surface area contributed by atoms with E-state index in [4.69, 9.17) is 5.11 Å². The third-order valence-corrected chi connectivity index (χ3v) is 2.53. The van der Waals surface area contributed by atoms with Gasteiger partial charge in [-0.25, -0.2) is 0 Å². The molecule has 0 radical (unpaired) electrons. The smallest absolute Gasteiger partial charge is 0.312 e. The van der Waals surface area contributed by atoms with Crippen molar-refractivity contribution in [3.63, 3.8) is 0 Å². The molecule has 3 N–H and O–H groups in total. The van der Waals surface area contributed by atoms with Gasteiger partial charge in [-0.3, -0.25) is 4.79 Å². The van der Waals surface area contributed by atoms with Crippen molar-refractivity contribution < 1.29 is 27.6 Å². The molecule has 0 spiro atoms. The minimum absolute atomic E-state index is 0. The van der Waals surface area contributed by atoms with Crippen LogP contribution >= 0.6 is 0 Å². The van der Waals surface area contributed by atoms with Gasteiger partial charge in [-0.15, -0.1) is 13.2 Å². The molecule has 0 rings (SSSR count). The van der Waals surface area contributed by atoms with Crippen molar-refractivity contribution in [1.29, 1.82) is 0 Å². The van der Waals surface area contributed by atoms with E-state index in [-0.39, 0.29) is 18.3 Å². The standard InChI is InChI=1S/C12H21NO2.ClH/c1-4-7-11(8-5-2)13-9-10(6-3)12(14)15;/h4-5,10-11,13H,1-2,6-9H2,3H3,(H,14,15);1H. The Labute approximate surface area is 104 Å². The van der Waals surface area contributed by atoms with Crippen LogP contribution in [-0.4, -0.2) is 23.7 Å². The fraction of sp³-hybridized carbons (Fsp3) is 0.583. The maximum absolute atomic E-state index is 10.8. The summed E-state index contributed by atoms with van der Waals surface area (Å²) in [6, 6.07) is 0.383. The summed E-state index contributed by atoms with van der Waals surface area (Å²) in [7, 11) is 0. The highest BCUT2D eigenvalue weighted by Gasteiger charge is 2.19. The molecule has 1 atom stereocenters. The summed E-state index contributed by atoms with van der Waals surface area (Å²) in [5.41, 5.74) is 0. The Morgan fingerprint density at radius 3 is 2.19 bits per heavy atom. The molecule has 0 fully saturated rings. The number of carboxylic acid groups (broad SMARTS) is 1. The van der Waals surface area contributed by atoms with Crippen molar-refractivity contribution in [3.8, 4) is 0 Å². The molecule has 0 aromatic carbocycles. The number of halogens is 1. The van der Waals surface area contributed by atoms with Crippen LogP contribution in [0.2, 0.25) is 0 Å². The number of aliphatic carboxylic acids is 1. The molecule has 16 heavy (non-hydrogen) atoms. The van der Waals surface area contributed by atoms with Crippen LogP contribution < -0.4 is 17.7 Å². The lowest BCUT2D eigenvalue weighted by atomic mass is 10.1. The highest BCUT2D eigenvalue weighted by molar-refractivity contribution is 5.69. The first-order chi connectivity index (χ1) is 7.15. The van der Waals surface area contributed by atoms with Crippen molar-refractivity contribution in [2.75, 3.05) is 6.54 Å². The van der Waals surface area contributed by atoms with Crippen LogP contribution in [0.4, 0.5) is 0 Å². The third-order valence-electron chi connectivity index (χ3n) is 2.53. The normalized spacial score (nSPS) is 11.6. The second-order valence-corrected chi connectivity index (χ2v) is 3.72. The molecule has 1 unspecified atom stereocenters. The van der Waals surface area contributed by atoms with Crippen molar-refractivity contribution >= 4 is 5.97 Å². The number of quaternary nitrogens is 1. The van der Waals surface area contributed by atoms with Gasteiger partial charge < -0.3 is 22.8 Å². The molecule has 0 aliphatic carbocycles. The van der Waals surface area contributed by atoms with E-state index < -0.39 is 5.97 Å². The Morgan fingerprint density at radius 2 is 1.88 bits per heavy atom. The van der Waals surface area contributed by atoms with Gasteiger partial charge in [0.2, 0.25) is 0 Å². The SMILES string of the molecule is C=CCC(CC=C)[NH2+]CC(CC)C(=O)O.[Cl-]. The van der Waals surface area contributed by atoms with E-state index in [9.17, 15) is 4.79 Å². The Bertz CT molecular complexity index is 209. The molecular weight excluding hydrogens is 226 g/mol. The van der Waals surface area contributed by atoms with Crippen LogP contribution in [0.15, 0.2) is 25.3 Å². The lowest BCUT2D eigenvalue weighted by Crippen LogP contribution is -3.00. The van der Waals surface area contributed by atoms with Crippen LogP contribution in [0, 0.1) is 5.92 Å². The molecule has 0 aliphatic rings. The number of carbonyl (C=O) groups is 1. The van der Waals surface area contributed by atoms with E-state index in [2.05, 4.69) is 18.5 Å². The zero-order valence-corrected chi connectivity index (χ0v) is 10.6. The van der Waals surface area contributed by atoms with Gasteiger partial charge in [-0.2, -0.15) is 0 Å². The van der Waals surface area contributed by atoms with Gasteiger partial charge in [0.05, 0.1) is 12.6 Å².